The Morgan fingerprint density at radius 3 is 2.39 bits per heavy atom. The molecule has 1 amide bonds. The second-order valence-electron chi connectivity index (χ2n) is 6.20. The Morgan fingerprint density at radius 2 is 1.83 bits per heavy atom. The fourth-order valence-electron chi connectivity index (χ4n) is 2.24. The number of carbonyl (C=O) groups is 1. The Balaban J connectivity index is 0.00000264. The summed E-state index contributed by atoms with van der Waals surface area (Å²) in [7, 11) is 1.68. The van der Waals surface area contributed by atoms with Gasteiger partial charge in [0.1, 0.15) is 5.75 Å². The zero-order valence-corrected chi connectivity index (χ0v) is 14.7. The summed E-state index contributed by atoms with van der Waals surface area (Å²) >= 11 is 0. The molecule has 124 valence electrons. The molecule has 0 aliphatic rings. The quantitative estimate of drug-likeness (QED) is 0.926. The Hall–Kier alpha value is -2.07. The highest BCUT2D eigenvalue weighted by Gasteiger charge is 2.19. The molecule has 23 heavy (non-hydrogen) atoms. The summed E-state index contributed by atoms with van der Waals surface area (Å²) < 4.78 is 5.43. The summed E-state index contributed by atoms with van der Waals surface area (Å²) in [6.45, 7) is 6.91. The highest BCUT2D eigenvalue weighted by molar-refractivity contribution is 5.93. The molecule has 0 atom stereocenters. The van der Waals surface area contributed by atoms with Crippen molar-refractivity contribution in [3.8, 4) is 5.75 Å². The summed E-state index contributed by atoms with van der Waals surface area (Å²) in [5.41, 5.74) is 2.77. The highest BCUT2D eigenvalue weighted by atomic mass is 35.5. The Morgan fingerprint density at radius 1 is 1.17 bits per heavy atom. The fourth-order valence-corrected chi connectivity index (χ4v) is 2.24. The van der Waals surface area contributed by atoms with Gasteiger partial charge in [-0.2, -0.15) is 0 Å². The van der Waals surface area contributed by atoms with Crippen molar-refractivity contribution in [2.75, 3.05) is 7.11 Å². The van der Waals surface area contributed by atoms with E-state index in [0.717, 1.165) is 16.9 Å². The third kappa shape index (κ3) is 4.96. The first-order valence-corrected chi connectivity index (χ1v) is 7.27. The molecule has 0 bridgehead atoms. The normalized spacial score (nSPS) is 10.6. The van der Waals surface area contributed by atoms with E-state index in [1.807, 2.05) is 12.1 Å². The van der Waals surface area contributed by atoms with E-state index in [2.05, 4.69) is 37.1 Å². The van der Waals surface area contributed by atoms with E-state index in [4.69, 9.17) is 4.74 Å². The number of pyridine rings is 1. The van der Waals surface area contributed by atoms with Gasteiger partial charge in [0.25, 0.3) is 5.91 Å². The van der Waals surface area contributed by atoms with E-state index in [9.17, 15) is 4.79 Å². The van der Waals surface area contributed by atoms with E-state index in [-0.39, 0.29) is 23.7 Å². The SMILES string of the molecule is COc1ccc(CNC(=O)c2ccncc2)cc1C(C)(C)C.Cl. The summed E-state index contributed by atoms with van der Waals surface area (Å²) in [5.74, 6) is 0.771. The lowest BCUT2D eigenvalue weighted by Crippen LogP contribution is -2.23. The third-order valence-electron chi connectivity index (χ3n) is 3.47. The van der Waals surface area contributed by atoms with Crippen LogP contribution in [-0.4, -0.2) is 18.0 Å². The van der Waals surface area contributed by atoms with Gasteiger partial charge in [0.15, 0.2) is 0 Å². The molecular weight excluding hydrogens is 312 g/mol. The summed E-state index contributed by atoms with van der Waals surface area (Å²) in [5, 5.41) is 2.92. The maximum Gasteiger partial charge on any atom is 0.251 e. The summed E-state index contributed by atoms with van der Waals surface area (Å²) in [6, 6.07) is 9.41. The predicted molar refractivity (Wildman–Crippen MR) is 94.3 cm³/mol. The molecule has 0 radical (unpaired) electrons. The van der Waals surface area contributed by atoms with Gasteiger partial charge in [-0.1, -0.05) is 26.8 Å². The van der Waals surface area contributed by atoms with Gasteiger partial charge in [-0.05, 0) is 40.8 Å². The number of hydrogen-bond acceptors (Lipinski definition) is 3. The second kappa shape index (κ2) is 7.97. The minimum atomic E-state index is -0.101. The first kappa shape index (κ1) is 19.0. The zero-order chi connectivity index (χ0) is 16.2. The van der Waals surface area contributed by atoms with Crippen molar-refractivity contribution < 1.29 is 9.53 Å². The number of hydrogen-bond donors (Lipinski definition) is 1. The molecule has 5 heteroatoms. The molecule has 4 nitrogen and oxygen atoms in total. The second-order valence-corrected chi connectivity index (χ2v) is 6.20. The van der Waals surface area contributed by atoms with Crippen molar-refractivity contribution in [3.05, 3.63) is 59.4 Å². The lowest BCUT2D eigenvalue weighted by Gasteiger charge is -2.23. The zero-order valence-electron chi connectivity index (χ0n) is 13.9. The molecule has 1 heterocycles. The molecule has 0 aliphatic carbocycles. The van der Waals surface area contributed by atoms with Gasteiger partial charge in [-0.3, -0.25) is 9.78 Å². The molecule has 0 unspecified atom stereocenters. The summed E-state index contributed by atoms with van der Waals surface area (Å²) in [6.07, 6.45) is 3.22. The third-order valence-corrected chi connectivity index (χ3v) is 3.47. The molecule has 0 aliphatic heterocycles. The largest absolute Gasteiger partial charge is 0.496 e. The molecule has 1 N–H and O–H groups in total. The van der Waals surface area contributed by atoms with Crippen LogP contribution in [-0.2, 0) is 12.0 Å². The van der Waals surface area contributed by atoms with Crippen LogP contribution in [0.1, 0.15) is 42.3 Å². The van der Waals surface area contributed by atoms with Crippen LogP contribution in [0.2, 0.25) is 0 Å². The van der Waals surface area contributed by atoms with Crippen molar-refractivity contribution >= 4 is 18.3 Å². The number of methoxy groups -OCH3 is 1. The maximum absolute atomic E-state index is 12.1. The van der Waals surface area contributed by atoms with E-state index in [0.29, 0.717) is 12.1 Å². The minimum absolute atomic E-state index is 0. The number of nitrogens with zero attached hydrogens (tertiary/aromatic N) is 1. The van der Waals surface area contributed by atoms with E-state index >= 15 is 0 Å². The molecule has 2 aromatic rings. The average molecular weight is 335 g/mol. The fraction of sp³-hybridized carbons (Fsp3) is 0.333. The molecule has 0 spiro atoms. The Kier molecular flexibility index (Phi) is 6.58. The molecule has 0 saturated heterocycles. The van der Waals surface area contributed by atoms with Crippen LogP contribution >= 0.6 is 12.4 Å². The number of ether oxygens (including phenoxy) is 1. The lowest BCUT2D eigenvalue weighted by atomic mass is 9.85. The van der Waals surface area contributed by atoms with E-state index in [1.54, 1.807) is 31.6 Å². The molecule has 0 fully saturated rings. The van der Waals surface area contributed by atoms with Crippen LogP contribution in [0.4, 0.5) is 0 Å². The molecule has 2 rings (SSSR count). The van der Waals surface area contributed by atoms with Gasteiger partial charge in [0.2, 0.25) is 0 Å². The Labute approximate surface area is 143 Å². The van der Waals surface area contributed by atoms with Gasteiger partial charge in [-0.25, -0.2) is 0 Å². The van der Waals surface area contributed by atoms with Crippen LogP contribution in [0.15, 0.2) is 42.7 Å². The van der Waals surface area contributed by atoms with Crippen LogP contribution in [0.3, 0.4) is 0 Å². The van der Waals surface area contributed by atoms with Crippen LogP contribution in [0.5, 0.6) is 5.75 Å². The molecule has 0 saturated carbocycles. The van der Waals surface area contributed by atoms with Crippen LogP contribution in [0.25, 0.3) is 0 Å². The van der Waals surface area contributed by atoms with Crippen molar-refractivity contribution in [2.24, 2.45) is 0 Å². The van der Waals surface area contributed by atoms with Crippen molar-refractivity contribution in [2.45, 2.75) is 32.7 Å². The first-order valence-electron chi connectivity index (χ1n) is 7.27. The number of rotatable bonds is 4. The number of nitrogens with one attached hydrogen (secondary N) is 1. The smallest absolute Gasteiger partial charge is 0.251 e. The number of aromatic nitrogens is 1. The van der Waals surface area contributed by atoms with Crippen molar-refractivity contribution in [1.82, 2.24) is 10.3 Å². The summed E-state index contributed by atoms with van der Waals surface area (Å²) in [4.78, 5) is 16.0. The molecular formula is C18H23ClN2O2. The number of amides is 1. The monoisotopic (exact) mass is 334 g/mol. The van der Waals surface area contributed by atoms with Gasteiger partial charge in [-0.15, -0.1) is 12.4 Å². The van der Waals surface area contributed by atoms with Gasteiger partial charge >= 0.3 is 0 Å². The van der Waals surface area contributed by atoms with Crippen LogP contribution in [0, 0.1) is 0 Å². The van der Waals surface area contributed by atoms with Crippen LogP contribution < -0.4 is 10.1 Å². The maximum atomic E-state index is 12.1. The van der Waals surface area contributed by atoms with Gasteiger partial charge in [0, 0.05) is 24.5 Å². The van der Waals surface area contributed by atoms with Crippen molar-refractivity contribution in [1.29, 1.82) is 0 Å². The van der Waals surface area contributed by atoms with Gasteiger partial charge in [0.05, 0.1) is 7.11 Å². The van der Waals surface area contributed by atoms with E-state index < -0.39 is 0 Å². The first-order chi connectivity index (χ1) is 10.4. The highest BCUT2D eigenvalue weighted by Crippen LogP contribution is 2.31. The lowest BCUT2D eigenvalue weighted by molar-refractivity contribution is 0.0951. The number of benzene rings is 1. The standard InChI is InChI=1S/C18H22N2O2.ClH/c1-18(2,3)15-11-13(5-6-16(15)22-4)12-20-17(21)14-7-9-19-10-8-14;/h5-11H,12H2,1-4H3,(H,20,21);1H. The topological polar surface area (TPSA) is 51.2 Å². The van der Waals surface area contributed by atoms with E-state index in [1.165, 1.54) is 0 Å². The minimum Gasteiger partial charge on any atom is -0.496 e. The number of halogens is 1. The van der Waals surface area contributed by atoms with Gasteiger partial charge < -0.3 is 10.1 Å². The average Bonchev–Trinajstić information content (AvgIpc) is 2.52. The number of carbonyl (C=O) groups excluding carboxylic acids is 1. The predicted octanol–water partition coefficient (Wildman–Crippen LogP) is 3.74. The molecule has 1 aromatic carbocycles. The Bertz CT molecular complexity index is 652. The van der Waals surface area contributed by atoms with Crippen molar-refractivity contribution in [3.63, 3.8) is 0 Å². The molecule has 1 aromatic heterocycles.